The Hall–Kier alpha value is -2.40. The quantitative estimate of drug-likeness (QED) is 0.931. The van der Waals surface area contributed by atoms with E-state index in [0.717, 1.165) is 31.7 Å². The normalized spacial score (nSPS) is 22.0. The van der Waals surface area contributed by atoms with Gasteiger partial charge in [0.05, 0.1) is 6.10 Å². The van der Waals surface area contributed by atoms with Crippen LogP contribution in [0.5, 0.6) is 0 Å². The van der Waals surface area contributed by atoms with Crippen LogP contribution in [0.2, 0.25) is 0 Å². The van der Waals surface area contributed by atoms with E-state index in [2.05, 4.69) is 40.3 Å². The van der Waals surface area contributed by atoms with Crippen molar-refractivity contribution in [2.24, 2.45) is 0 Å². The van der Waals surface area contributed by atoms with Gasteiger partial charge >= 0.3 is 0 Å². The molecule has 0 saturated carbocycles. The molecule has 1 fully saturated rings. The molecule has 0 bridgehead atoms. The molecule has 1 aromatic heterocycles. The second-order valence-corrected chi connectivity index (χ2v) is 6.80. The number of amides is 1. The highest BCUT2D eigenvalue weighted by atomic mass is 16.5. The molecule has 1 saturated heterocycles. The average molecular weight is 337 g/mol. The van der Waals surface area contributed by atoms with Crippen molar-refractivity contribution in [3.63, 3.8) is 0 Å². The summed E-state index contributed by atoms with van der Waals surface area (Å²) in [5.74, 6) is 0.751. The minimum Gasteiger partial charge on any atom is -0.376 e. The lowest BCUT2D eigenvalue weighted by Crippen LogP contribution is -2.32. The van der Waals surface area contributed by atoms with Gasteiger partial charge in [0.1, 0.15) is 5.82 Å². The Morgan fingerprint density at radius 3 is 3.08 bits per heavy atom. The van der Waals surface area contributed by atoms with E-state index in [0.29, 0.717) is 18.2 Å². The minimum absolute atomic E-state index is 0.0701. The van der Waals surface area contributed by atoms with Crippen LogP contribution in [-0.2, 0) is 11.2 Å². The maximum absolute atomic E-state index is 12.5. The predicted octanol–water partition coefficient (Wildman–Crippen LogP) is 3.07. The van der Waals surface area contributed by atoms with Crippen LogP contribution in [0.1, 0.15) is 35.7 Å². The first-order valence-corrected chi connectivity index (χ1v) is 8.95. The molecule has 2 aromatic rings. The maximum atomic E-state index is 12.5. The number of benzene rings is 1. The molecule has 0 spiro atoms. The van der Waals surface area contributed by atoms with Crippen LogP contribution in [0.4, 0.5) is 11.5 Å². The smallest absolute Gasteiger partial charge is 0.251 e. The first-order chi connectivity index (χ1) is 12.2. The second kappa shape index (κ2) is 6.84. The van der Waals surface area contributed by atoms with Gasteiger partial charge in [0, 0.05) is 36.6 Å². The van der Waals surface area contributed by atoms with Gasteiger partial charge in [-0.1, -0.05) is 18.2 Å². The van der Waals surface area contributed by atoms with Gasteiger partial charge in [-0.25, -0.2) is 4.98 Å². The highest BCUT2D eigenvalue weighted by Crippen LogP contribution is 2.37. The van der Waals surface area contributed by atoms with Gasteiger partial charge in [-0.05, 0) is 49.9 Å². The van der Waals surface area contributed by atoms with Gasteiger partial charge in [-0.3, -0.25) is 4.79 Å². The first-order valence-electron chi connectivity index (χ1n) is 8.95. The number of rotatable bonds is 4. The molecule has 1 N–H and O–H groups in total. The standard InChI is InChI=1S/C20H23N3O2/c1-14-11-15-5-2-3-7-18(15)23(14)19-12-16(8-9-21-19)20(24)22-13-17-6-4-10-25-17/h2-3,5,7-9,12,14,17H,4,6,10-11,13H2,1H3,(H,22,24). The summed E-state index contributed by atoms with van der Waals surface area (Å²) in [6.07, 6.45) is 4.95. The second-order valence-electron chi connectivity index (χ2n) is 6.80. The summed E-state index contributed by atoms with van der Waals surface area (Å²) in [5.41, 5.74) is 3.14. The number of aromatic nitrogens is 1. The van der Waals surface area contributed by atoms with E-state index in [1.54, 1.807) is 12.3 Å². The Morgan fingerprint density at radius 1 is 1.36 bits per heavy atom. The molecule has 130 valence electrons. The van der Waals surface area contributed by atoms with Crippen molar-refractivity contribution < 1.29 is 9.53 Å². The summed E-state index contributed by atoms with van der Waals surface area (Å²) in [7, 11) is 0. The number of nitrogens with zero attached hydrogens (tertiary/aromatic N) is 2. The molecule has 0 aliphatic carbocycles. The van der Waals surface area contributed by atoms with E-state index in [1.807, 2.05) is 12.1 Å². The van der Waals surface area contributed by atoms with Gasteiger partial charge in [0.2, 0.25) is 0 Å². The van der Waals surface area contributed by atoms with Crippen LogP contribution < -0.4 is 10.2 Å². The third kappa shape index (κ3) is 3.24. The fraction of sp³-hybridized carbons (Fsp3) is 0.400. The number of anilines is 2. The molecule has 5 nitrogen and oxygen atoms in total. The van der Waals surface area contributed by atoms with Crippen LogP contribution in [0.3, 0.4) is 0 Å². The molecule has 25 heavy (non-hydrogen) atoms. The number of fused-ring (bicyclic) bond motifs is 1. The summed E-state index contributed by atoms with van der Waals surface area (Å²) in [6.45, 7) is 3.55. The Morgan fingerprint density at radius 2 is 2.24 bits per heavy atom. The molecular weight excluding hydrogens is 314 g/mol. The number of hydrogen-bond donors (Lipinski definition) is 1. The van der Waals surface area contributed by atoms with Gasteiger partial charge in [-0.15, -0.1) is 0 Å². The van der Waals surface area contributed by atoms with Crippen molar-refractivity contribution in [2.75, 3.05) is 18.1 Å². The highest BCUT2D eigenvalue weighted by Gasteiger charge is 2.28. The van der Waals surface area contributed by atoms with Gasteiger partial charge < -0.3 is 15.0 Å². The van der Waals surface area contributed by atoms with Crippen molar-refractivity contribution in [2.45, 2.75) is 38.3 Å². The zero-order valence-electron chi connectivity index (χ0n) is 14.4. The van der Waals surface area contributed by atoms with Crippen molar-refractivity contribution in [1.29, 1.82) is 0 Å². The number of nitrogens with one attached hydrogen (secondary N) is 1. The van der Waals surface area contributed by atoms with Crippen molar-refractivity contribution in [1.82, 2.24) is 10.3 Å². The highest BCUT2D eigenvalue weighted by molar-refractivity contribution is 5.95. The van der Waals surface area contributed by atoms with Gasteiger partial charge in [0.15, 0.2) is 0 Å². The molecule has 3 heterocycles. The number of pyridine rings is 1. The Labute approximate surface area is 148 Å². The molecule has 4 rings (SSSR count). The minimum atomic E-state index is -0.0701. The lowest BCUT2D eigenvalue weighted by atomic mass is 10.1. The van der Waals surface area contributed by atoms with Crippen LogP contribution in [-0.4, -0.2) is 36.2 Å². The topological polar surface area (TPSA) is 54.5 Å². The Bertz CT molecular complexity index is 771. The zero-order chi connectivity index (χ0) is 17.2. The average Bonchev–Trinajstić information content (AvgIpc) is 3.26. The predicted molar refractivity (Wildman–Crippen MR) is 97.3 cm³/mol. The first kappa shape index (κ1) is 16.1. The van der Waals surface area contributed by atoms with Crippen molar-refractivity contribution >= 4 is 17.4 Å². The van der Waals surface area contributed by atoms with Crippen molar-refractivity contribution in [3.05, 3.63) is 53.7 Å². The SMILES string of the molecule is CC1Cc2ccccc2N1c1cc(C(=O)NCC2CCCO2)ccn1. The monoisotopic (exact) mass is 337 g/mol. The Balaban J connectivity index is 1.52. The molecule has 2 aliphatic rings. The zero-order valence-corrected chi connectivity index (χ0v) is 14.4. The van der Waals surface area contributed by atoms with E-state index in [9.17, 15) is 4.79 Å². The molecule has 2 atom stereocenters. The summed E-state index contributed by atoms with van der Waals surface area (Å²) < 4.78 is 5.56. The number of carbonyl (C=O) groups excluding carboxylic acids is 1. The lowest BCUT2D eigenvalue weighted by molar-refractivity contribution is 0.0857. The van der Waals surface area contributed by atoms with E-state index in [4.69, 9.17) is 4.74 Å². The fourth-order valence-corrected chi connectivity index (χ4v) is 3.72. The molecule has 1 aromatic carbocycles. The number of carbonyl (C=O) groups is 1. The van der Waals surface area contributed by atoms with E-state index in [1.165, 1.54) is 11.3 Å². The maximum Gasteiger partial charge on any atom is 0.251 e. The third-order valence-corrected chi connectivity index (χ3v) is 4.98. The summed E-state index contributed by atoms with van der Waals surface area (Å²) in [6, 6.07) is 12.4. The van der Waals surface area contributed by atoms with Crippen LogP contribution in [0.25, 0.3) is 0 Å². The van der Waals surface area contributed by atoms with E-state index in [-0.39, 0.29) is 12.0 Å². The lowest BCUT2D eigenvalue weighted by Gasteiger charge is -2.24. The van der Waals surface area contributed by atoms with Crippen LogP contribution >= 0.6 is 0 Å². The molecule has 5 heteroatoms. The molecular formula is C20H23N3O2. The van der Waals surface area contributed by atoms with Gasteiger partial charge in [-0.2, -0.15) is 0 Å². The summed E-state index contributed by atoms with van der Waals surface area (Å²) >= 11 is 0. The fourth-order valence-electron chi connectivity index (χ4n) is 3.72. The summed E-state index contributed by atoms with van der Waals surface area (Å²) in [5, 5.41) is 2.98. The molecule has 0 radical (unpaired) electrons. The van der Waals surface area contributed by atoms with Crippen LogP contribution in [0, 0.1) is 0 Å². The largest absolute Gasteiger partial charge is 0.376 e. The molecule has 1 amide bonds. The number of ether oxygens (including phenoxy) is 1. The van der Waals surface area contributed by atoms with Crippen LogP contribution in [0.15, 0.2) is 42.6 Å². The summed E-state index contributed by atoms with van der Waals surface area (Å²) in [4.78, 5) is 19.2. The van der Waals surface area contributed by atoms with Crippen molar-refractivity contribution in [3.8, 4) is 0 Å². The third-order valence-electron chi connectivity index (χ3n) is 4.98. The van der Waals surface area contributed by atoms with E-state index < -0.39 is 0 Å². The number of para-hydroxylation sites is 1. The van der Waals surface area contributed by atoms with Gasteiger partial charge in [0.25, 0.3) is 5.91 Å². The Kier molecular flexibility index (Phi) is 4.40. The molecule has 2 unspecified atom stereocenters. The number of hydrogen-bond acceptors (Lipinski definition) is 4. The van der Waals surface area contributed by atoms with E-state index >= 15 is 0 Å². The molecule has 2 aliphatic heterocycles.